The lowest BCUT2D eigenvalue weighted by atomic mass is 9.94. The number of amides is 1. The Balaban J connectivity index is 1.94. The molecule has 0 aromatic carbocycles. The number of amidine groups is 1. The highest BCUT2D eigenvalue weighted by atomic mass is 79.9. The number of piperidine rings is 1. The van der Waals surface area contributed by atoms with Crippen molar-refractivity contribution < 1.29 is 14.5 Å². The zero-order chi connectivity index (χ0) is 14.3. The fourth-order valence-corrected chi connectivity index (χ4v) is 3.26. The van der Waals surface area contributed by atoms with E-state index in [0.717, 1.165) is 24.2 Å². The summed E-state index contributed by atoms with van der Waals surface area (Å²) in [6.45, 7) is 1.03. The Hall–Kier alpha value is -1.51. The zero-order valence-corrected chi connectivity index (χ0v) is 12.3. The number of carbonyl (C=O) groups is 1. The number of nitrogens with zero attached hydrogens (tertiary/aromatic N) is 4. The SMILES string of the molecule is N[N+]12C=CN=CC1=C(C1CCCN(C(=O)O)C1)N=C2Br. The van der Waals surface area contributed by atoms with E-state index in [1.807, 2.05) is 0 Å². The summed E-state index contributed by atoms with van der Waals surface area (Å²) in [6, 6.07) is 0. The van der Waals surface area contributed by atoms with Crippen molar-refractivity contribution >= 4 is 33.0 Å². The van der Waals surface area contributed by atoms with Gasteiger partial charge in [-0.05, 0) is 12.8 Å². The molecule has 0 saturated carbocycles. The molecule has 3 aliphatic rings. The van der Waals surface area contributed by atoms with Crippen molar-refractivity contribution in [2.24, 2.45) is 21.7 Å². The number of hydrogen-bond donors (Lipinski definition) is 2. The molecule has 8 heteroatoms. The van der Waals surface area contributed by atoms with E-state index < -0.39 is 6.09 Å². The molecule has 0 radical (unpaired) electrons. The van der Waals surface area contributed by atoms with E-state index >= 15 is 0 Å². The molecule has 1 fully saturated rings. The summed E-state index contributed by atoms with van der Waals surface area (Å²) in [4.78, 5) is 21.2. The van der Waals surface area contributed by atoms with Gasteiger partial charge in [-0.3, -0.25) is 4.99 Å². The maximum Gasteiger partial charge on any atom is 0.407 e. The van der Waals surface area contributed by atoms with Crippen molar-refractivity contribution in [3.8, 4) is 0 Å². The smallest absolute Gasteiger partial charge is 0.407 e. The van der Waals surface area contributed by atoms with Gasteiger partial charge in [-0.2, -0.15) is 10.8 Å². The van der Waals surface area contributed by atoms with Crippen LogP contribution in [-0.4, -0.2) is 44.7 Å². The molecule has 106 valence electrons. The van der Waals surface area contributed by atoms with Gasteiger partial charge in [0.2, 0.25) is 5.70 Å². The average molecular weight is 341 g/mol. The second-order valence-electron chi connectivity index (χ2n) is 5.07. The Bertz CT molecular complexity index is 582. The van der Waals surface area contributed by atoms with Crippen LogP contribution in [0, 0.1) is 5.92 Å². The van der Waals surface area contributed by atoms with Crippen LogP contribution in [-0.2, 0) is 0 Å². The normalized spacial score (nSPS) is 32.4. The molecule has 20 heavy (non-hydrogen) atoms. The molecule has 0 aromatic heterocycles. The van der Waals surface area contributed by atoms with E-state index in [2.05, 4.69) is 25.9 Å². The Labute approximate surface area is 124 Å². The van der Waals surface area contributed by atoms with Crippen LogP contribution in [0.25, 0.3) is 0 Å². The molecule has 0 bridgehead atoms. The standard InChI is InChI=1S/C12H14BrN5O2/c13-11-16-10(9-6-15-3-5-18(9,11)14)8-2-1-4-17(7-8)12(19)20/h3,5-6,8H,1-2,4,7,14H2/p+1. The molecule has 1 amide bonds. The summed E-state index contributed by atoms with van der Waals surface area (Å²) in [5.41, 5.74) is 1.63. The van der Waals surface area contributed by atoms with Gasteiger partial charge in [-0.25, -0.2) is 4.79 Å². The molecule has 3 heterocycles. The van der Waals surface area contributed by atoms with E-state index in [-0.39, 0.29) is 10.5 Å². The first kappa shape index (κ1) is 13.5. The van der Waals surface area contributed by atoms with Gasteiger partial charge in [0.15, 0.2) is 0 Å². The van der Waals surface area contributed by atoms with E-state index in [4.69, 9.17) is 10.9 Å². The predicted octanol–water partition coefficient (Wildman–Crippen LogP) is 1.60. The van der Waals surface area contributed by atoms with Crippen molar-refractivity contribution in [3.05, 3.63) is 23.8 Å². The molecule has 3 N–H and O–H groups in total. The third-order valence-electron chi connectivity index (χ3n) is 3.84. The van der Waals surface area contributed by atoms with Crippen LogP contribution in [0.15, 0.2) is 33.8 Å². The molecule has 2 unspecified atom stereocenters. The lowest BCUT2D eigenvalue weighted by Gasteiger charge is -2.30. The summed E-state index contributed by atoms with van der Waals surface area (Å²) in [6.07, 6.45) is 5.93. The number of likely N-dealkylation sites (tertiary alicyclic amines) is 1. The van der Waals surface area contributed by atoms with Gasteiger partial charge in [0.05, 0.1) is 12.4 Å². The topological polar surface area (TPSA) is 91.3 Å². The largest absolute Gasteiger partial charge is 0.465 e. The van der Waals surface area contributed by atoms with Crippen molar-refractivity contribution in [1.82, 2.24) is 4.90 Å². The summed E-state index contributed by atoms with van der Waals surface area (Å²) >= 11 is 3.40. The monoisotopic (exact) mass is 340 g/mol. The van der Waals surface area contributed by atoms with Crippen LogP contribution in [0.4, 0.5) is 4.79 Å². The molecule has 1 saturated heterocycles. The van der Waals surface area contributed by atoms with Gasteiger partial charge in [-0.15, -0.1) is 4.59 Å². The maximum atomic E-state index is 11.1. The minimum absolute atomic E-state index is 0.0254. The molecule has 0 aliphatic carbocycles. The van der Waals surface area contributed by atoms with Gasteiger partial charge in [0, 0.05) is 34.9 Å². The Morgan fingerprint density at radius 2 is 2.40 bits per heavy atom. The highest BCUT2D eigenvalue weighted by Crippen LogP contribution is 2.36. The molecular formula is C12H15BrN5O2+. The summed E-state index contributed by atoms with van der Waals surface area (Å²) in [7, 11) is 0. The van der Waals surface area contributed by atoms with E-state index in [1.54, 1.807) is 18.6 Å². The lowest BCUT2D eigenvalue weighted by molar-refractivity contribution is -0.746. The first-order valence-electron chi connectivity index (χ1n) is 6.38. The predicted molar refractivity (Wildman–Crippen MR) is 77.8 cm³/mol. The van der Waals surface area contributed by atoms with Gasteiger partial charge < -0.3 is 10.0 Å². The first-order valence-corrected chi connectivity index (χ1v) is 7.17. The van der Waals surface area contributed by atoms with Gasteiger partial charge in [-0.1, -0.05) is 0 Å². The summed E-state index contributed by atoms with van der Waals surface area (Å²) in [5, 5.41) is 9.13. The molecule has 3 aliphatic heterocycles. The van der Waals surface area contributed by atoms with Crippen LogP contribution >= 0.6 is 15.9 Å². The highest BCUT2D eigenvalue weighted by molar-refractivity contribution is 9.18. The van der Waals surface area contributed by atoms with E-state index in [1.165, 1.54) is 4.90 Å². The van der Waals surface area contributed by atoms with Crippen molar-refractivity contribution in [2.75, 3.05) is 13.1 Å². The van der Waals surface area contributed by atoms with Gasteiger partial charge in [0.1, 0.15) is 11.9 Å². The second kappa shape index (κ2) is 4.80. The molecular weight excluding hydrogens is 326 g/mol. The van der Waals surface area contributed by atoms with Crippen LogP contribution in [0.2, 0.25) is 0 Å². The minimum Gasteiger partial charge on any atom is -0.465 e. The van der Waals surface area contributed by atoms with Crippen LogP contribution in [0.5, 0.6) is 0 Å². The summed E-state index contributed by atoms with van der Waals surface area (Å²) < 4.78 is 0.569. The van der Waals surface area contributed by atoms with Gasteiger partial charge in [0.25, 0.3) is 0 Å². The Morgan fingerprint density at radius 1 is 1.60 bits per heavy atom. The fourth-order valence-electron chi connectivity index (χ4n) is 2.76. The van der Waals surface area contributed by atoms with Crippen LogP contribution in [0.1, 0.15) is 12.8 Å². The maximum absolute atomic E-state index is 11.1. The zero-order valence-electron chi connectivity index (χ0n) is 10.7. The number of quaternary nitrogens is 1. The quantitative estimate of drug-likeness (QED) is 0.431. The fraction of sp³-hybridized carbons (Fsp3) is 0.417. The number of aliphatic imine (C=N–C) groups is 2. The summed E-state index contributed by atoms with van der Waals surface area (Å²) in [5.74, 6) is 6.35. The third-order valence-corrected chi connectivity index (χ3v) is 4.61. The van der Waals surface area contributed by atoms with Crippen molar-refractivity contribution in [2.45, 2.75) is 12.8 Å². The highest BCUT2D eigenvalue weighted by Gasteiger charge is 2.44. The average Bonchev–Trinajstić information content (AvgIpc) is 2.71. The number of rotatable bonds is 1. The van der Waals surface area contributed by atoms with Crippen molar-refractivity contribution in [3.63, 3.8) is 0 Å². The number of fused-ring (bicyclic) bond motifs is 1. The first-order chi connectivity index (χ1) is 9.52. The molecule has 0 aromatic rings. The lowest BCUT2D eigenvalue weighted by Crippen LogP contribution is -2.50. The minimum atomic E-state index is -0.882. The molecule has 3 rings (SSSR count). The number of carboxylic acid groups (broad SMARTS) is 1. The van der Waals surface area contributed by atoms with Gasteiger partial charge >= 0.3 is 10.8 Å². The number of halogens is 1. The van der Waals surface area contributed by atoms with Crippen molar-refractivity contribution in [1.29, 1.82) is 0 Å². The van der Waals surface area contributed by atoms with E-state index in [0.29, 0.717) is 17.8 Å². The van der Waals surface area contributed by atoms with Crippen LogP contribution in [0.3, 0.4) is 0 Å². The third kappa shape index (κ3) is 2.00. The number of nitrogens with two attached hydrogens (primary N) is 1. The molecule has 0 spiro atoms. The second-order valence-corrected chi connectivity index (χ2v) is 5.78. The Morgan fingerprint density at radius 3 is 3.15 bits per heavy atom. The molecule has 7 nitrogen and oxygen atoms in total. The van der Waals surface area contributed by atoms with Crippen LogP contribution < -0.4 is 5.84 Å². The Kier molecular flexibility index (Phi) is 3.23. The number of allylic oxidation sites excluding steroid dienone is 1. The molecule has 2 atom stereocenters. The van der Waals surface area contributed by atoms with E-state index in [9.17, 15) is 4.79 Å². The number of hydrogen-bond acceptors (Lipinski definition) is 4.